The summed E-state index contributed by atoms with van der Waals surface area (Å²) in [6.07, 6.45) is 1.23. The van der Waals surface area contributed by atoms with Crippen molar-refractivity contribution in [2.24, 2.45) is 17.1 Å². The number of carbonyl (C=O) groups excluding carboxylic acids is 1. The smallest absolute Gasteiger partial charge is 0.410 e. The number of nitriles is 3. The Kier molecular flexibility index (Phi) is 6.27. The fourth-order valence-electron chi connectivity index (χ4n) is 4.43. The van der Waals surface area contributed by atoms with Crippen LogP contribution >= 0.6 is 0 Å². The molecule has 32 heavy (non-hydrogen) atoms. The van der Waals surface area contributed by atoms with Gasteiger partial charge in [-0.2, -0.15) is 15.8 Å². The van der Waals surface area contributed by atoms with Crippen LogP contribution in [0.2, 0.25) is 0 Å². The molecule has 9 nitrogen and oxygen atoms in total. The molecule has 1 aromatic rings. The maximum Gasteiger partial charge on any atom is 0.410 e. The summed E-state index contributed by atoms with van der Waals surface area (Å²) in [5, 5.41) is 30.2. The van der Waals surface area contributed by atoms with Crippen LogP contribution in [0.4, 0.5) is 4.79 Å². The number of fused-ring (bicyclic) bond motifs is 1. The van der Waals surface area contributed by atoms with Crippen molar-refractivity contribution in [1.29, 1.82) is 15.8 Å². The molecule has 9 heteroatoms. The minimum Gasteiger partial charge on any atom is -0.497 e. The zero-order chi connectivity index (χ0) is 23.5. The van der Waals surface area contributed by atoms with E-state index in [1.54, 1.807) is 31.2 Å². The van der Waals surface area contributed by atoms with Gasteiger partial charge in [-0.15, -0.1) is 0 Å². The summed E-state index contributed by atoms with van der Waals surface area (Å²) in [6, 6.07) is 11.3. The van der Waals surface area contributed by atoms with Gasteiger partial charge in [-0.05, 0) is 30.2 Å². The Hall–Kier alpha value is -4.16. The Labute approximate surface area is 186 Å². The average Bonchev–Trinajstić information content (AvgIpc) is 2.82. The molecule has 0 unspecified atom stereocenters. The molecule has 0 saturated carbocycles. The highest BCUT2D eigenvalue weighted by atomic mass is 16.6. The van der Waals surface area contributed by atoms with Crippen LogP contribution in [-0.4, -0.2) is 44.9 Å². The van der Waals surface area contributed by atoms with E-state index in [0.717, 1.165) is 0 Å². The minimum atomic E-state index is -1.83. The van der Waals surface area contributed by atoms with Gasteiger partial charge in [0.1, 0.15) is 17.6 Å². The normalized spacial score (nSPS) is 21.2. The van der Waals surface area contributed by atoms with Gasteiger partial charge < -0.3 is 24.8 Å². The first-order valence-corrected chi connectivity index (χ1v) is 9.98. The Morgan fingerprint density at radius 1 is 1.19 bits per heavy atom. The third-order valence-electron chi connectivity index (χ3n) is 5.92. The standard InChI is InChI=1S/C23H23N5O4/c1-4-32-22(29)28-6-5-17-18(10-24)21(27)23(12-25,13-26)20(19(17)11-28)14-7-15(30-2)9-16(8-14)31-3/h5,7-9,19-20H,4,6,11,27H2,1-3H3/t19-,20-/m0/s1. The molecule has 1 aromatic carbocycles. The lowest BCUT2D eigenvalue weighted by Gasteiger charge is -2.45. The van der Waals surface area contributed by atoms with Crippen molar-refractivity contribution in [3.63, 3.8) is 0 Å². The summed E-state index contributed by atoms with van der Waals surface area (Å²) in [5.74, 6) is -0.393. The van der Waals surface area contributed by atoms with Gasteiger partial charge in [0, 0.05) is 31.0 Å². The predicted molar refractivity (Wildman–Crippen MR) is 113 cm³/mol. The number of allylic oxidation sites excluding steroid dienone is 2. The van der Waals surface area contributed by atoms with Crippen LogP contribution in [0, 0.1) is 45.3 Å². The van der Waals surface area contributed by atoms with Gasteiger partial charge in [-0.3, -0.25) is 0 Å². The number of methoxy groups -OCH3 is 2. The number of nitrogens with zero attached hydrogens (tertiary/aromatic N) is 4. The van der Waals surface area contributed by atoms with Crippen LogP contribution in [0.15, 0.2) is 41.1 Å². The van der Waals surface area contributed by atoms with Crippen molar-refractivity contribution >= 4 is 6.09 Å². The fraction of sp³-hybridized carbons (Fsp3) is 0.391. The average molecular weight is 433 g/mol. The lowest BCUT2D eigenvalue weighted by Crippen LogP contribution is -2.49. The molecular weight excluding hydrogens is 410 g/mol. The summed E-state index contributed by atoms with van der Waals surface area (Å²) < 4.78 is 15.9. The highest BCUT2D eigenvalue weighted by molar-refractivity contribution is 5.69. The molecular formula is C23H23N5O4. The van der Waals surface area contributed by atoms with Crippen molar-refractivity contribution < 1.29 is 19.0 Å². The molecule has 164 valence electrons. The summed E-state index contributed by atoms with van der Waals surface area (Å²) in [5.41, 5.74) is 5.68. The first-order valence-electron chi connectivity index (χ1n) is 9.98. The second-order valence-electron chi connectivity index (χ2n) is 7.43. The van der Waals surface area contributed by atoms with Gasteiger partial charge in [0.2, 0.25) is 0 Å². The monoisotopic (exact) mass is 433 g/mol. The molecule has 0 radical (unpaired) electrons. The Bertz CT molecular complexity index is 1080. The highest BCUT2D eigenvalue weighted by Crippen LogP contribution is 2.54. The second kappa shape index (κ2) is 8.91. The number of ether oxygens (including phenoxy) is 3. The summed E-state index contributed by atoms with van der Waals surface area (Å²) in [7, 11) is 3.00. The molecule has 1 heterocycles. The lowest BCUT2D eigenvalue weighted by molar-refractivity contribution is 0.0999. The number of rotatable bonds is 4. The SMILES string of the molecule is CCOC(=O)N1CC=C2C(C#N)=C(N)C(C#N)(C#N)[C@@H](c3cc(OC)cc(OC)c3)[C@H]2C1. The van der Waals surface area contributed by atoms with Crippen molar-refractivity contribution in [3.05, 3.63) is 46.7 Å². The third kappa shape index (κ3) is 3.46. The summed E-state index contributed by atoms with van der Waals surface area (Å²) in [4.78, 5) is 13.9. The molecule has 2 N–H and O–H groups in total. The molecule has 1 amide bonds. The van der Waals surface area contributed by atoms with Gasteiger partial charge in [-0.1, -0.05) is 6.08 Å². The maximum absolute atomic E-state index is 12.4. The molecule has 2 aliphatic rings. The van der Waals surface area contributed by atoms with Crippen molar-refractivity contribution in [1.82, 2.24) is 4.90 Å². The van der Waals surface area contributed by atoms with Gasteiger partial charge in [0.05, 0.1) is 44.2 Å². The van der Waals surface area contributed by atoms with Crippen LogP contribution in [0.5, 0.6) is 11.5 Å². The number of hydrogen-bond acceptors (Lipinski definition) is 8. The van der Waals surface area contributed by atoms with E-state index in [1.165, 1.54) is 19.1 Å². The van der Waals surface area contributed by atoms with E-state index in [9.17, 15) is 20.6 Å². The molecule has 3 rings (SSSR count). The molecule has 0 spiro atoms. The summed E-state index contributed by atoms with van der Waals surface area (Å²) >= 11 is 0. The second-order valence-corrected chi connectivity index (χ2v) is 7.43. The fourth-order valence-corrected chi connectivity index (χ4v) is 4.43. The van der Waals surface area contributed by atoms with Gasteiger partial charge in [-0.25, -0.2) is 4.79 Å². The molecule has 0 saturated heterocycles. The Morgan fingerprint density at radius 3 is 2.31 bits per heavy atom. The van der Waals surface area contributed by atoms with Crippen molar-refractivity contribution in [3.8, 4) is 29.7 Å². The maximum atomic E-state index is 12.4. The van der Waals surface area contributed by atoms with Crippen LogP contribution in [0.25, 0.3) is 0 Å². The van der Waals surface area contributed by atoms with Crippen LogP contribution in [0.1, 0.15) is 18.4 Å². The first kappa shape index (κ1) is 22.5. The van der Waals surface area contributed by atoms with E-state index < -0.39 is 23.3 Å². The molecule has 1 aliphatic heterocycles. The zero-order valence-electron chi connectivity index (χ0n) is 18.1. The number of benzene rings is 1. The van der Waals surface area contributed by atoms with E-state index in [-0.39, 0.29) is 31.0 Å². The molecule has 1 aliphatic carbocycles. The van der Waals surface area contributed by atoms with E-state index in [1.807, 2.05) is 0 Å². The highest BCUT2D eigenvalue weighted by Gasteiger charge is 2.55. The first-order chi connectivity index (χ1) is 15.4. The predicted octanol–water partition coefficient (Wildman–Crippen LogP) is 2.59. The van der Waals surface area contributed by atoms with E-state index in [2.05, 4.69) is 18.2 Å². The third-order valence-corrected chi connectivity index (χ3v) is 5.92. The van der Waals surface area contributed by atoms with Crippen LogP contribution in [-0.2, 0) is 4.74 Å². The van der Waals surface area contributed by atoms with E-state index >= 15 is 0 Å². The number of hydrogen-bond donors (Lipinski definition) is 1. The summed E-state index contributed by atoms with van der Waals surface area (Å²) in [6.45, 7) is 2.30. The lowest BCUT2D eigenvalue weighted by atomic mass is 9.58. The van der Waals surface area contributed by atoms with E-state index in [0.29, 0.717) is 22.6 Å². The zero-order valence-corrected chi connectivity index (χ0v) is 18.1. The topological polar surface area (TPSA) is 145 Å². The molecule has 0 aromatic heterocycles. The van der Waals surface area contributed by atoms with Crippen molar-refractivity contribution in [2.45, 2.75) is 12.8 Å². The van der Waals surface area contributed by atoms with Gasteiger partial charge >= 0.3 is 6.09 Å². The quantitative estimate of drug-likeness (QED) is 0.762. The molecule has 2 atom stereocenters. The Balaban J connectivity index is 2.29. The Morgan fingerprint density at radius 2 is 1.81 bits per heavy atom. The van der Waals surface area contributed by atoms with E-state index in [4.69, 9.17) is 19.9 Å². The minimum absolute atomic E-state index is 0.0936. The number of carbonyl (C=O) groups is 1. The molecule has 0 bridgehead atoms. The number of nitrogens with two attached hydrogens (primary N) is 1. The van der Waals surface area contributed by atoms with Gasteiger partial charge in [0.25, 0.3) is 0 Å². The largest absolute Gasteiger partial charge is 0.497 e. The van der Waals surface area contributed by atoms with Gasteiger partial charge in [0.15, 0.2) is 5.41 Å². The van der Waals surface area contributed by atoms with Crippen molar-refractivity contribution in [2.75, 3.05) is 33.9 Å². The van der Waals surface area contributed by atoms with Crippen LogP contribution in [0.3, 0.4) is 0 Å². The van der Waals surface area contributed by atoms with Crippen LogP contribution < -0.4 is 15.2 Å². The number of amides is 1. The molecule has 0 fully saturated rings.